The molecule has 21 heavy (non-hydrogen) atoms. The lowest BCUT2D eigenvalue weighted by Crippen LogP contribution is -2.05. The Kier molecular flexibility index (Phi) is 4.56. The summed E-state index contributed by atoms with van der Waals surface area (Å²) in [6.07, 6.45) is 0. The van der Waals surface area contributed by atoms with Crippen molar-refractivity contribution >= 4 is 5.82 Å². The topological polar surface area (TPSA) is 53.1 Å². The van der Waals surface area contributed by atoms with Crippen LogP contribution in [0.25, 0.3) is 11.1 Å². The Balaban J connectivity index is 2.47. The Morgan fingerprint density at radius 1 is 1.19 bits per heavy atom. The molecule has 0 spiro atoms. The maximum atomic E-state index is 6.24. The zero-order chi connectivity index (χ0) is 15.6. The molecule has 0 aliphatic carbocycles. The third-order valence-corrected chi connectivity index (χ3v) is 4.00. The van der Waals surface area contributed by atoms with Gasteiger partial charge in [-0.3, -0.25) is 4.68 Å². The summed E-state index contributed by atoms with van der Waals surface area (Å²) in [4.78, 5) is 0. The normalized spacial score (nSPS) is 12.7. The number of ether oxygens (including phenoxy) is 1. The van der Waals surface area contributed by atoms with Crippen LogP contribution in [0.2, 0.25) is 0 Å². The Bertz CT molecular complexity index is 599. The van der Waals surface area contributed by atoms with Crippen LogP contribution >= 0.6 is 0 Å². The highest BCUT2D eigenvalue weighted by atomic mass is 16.5. The van der Waals surface area contributed by atoms with Gasteiger partial charge in [-0.1, -0.05) is 32.9 Å². The average Bonchev–Trinajstić information content (AvgIpc) is 2.75. The van der Waals surface area contributed by atoms with Gasteiger partial charge in [-0.05, 0) is 30.5 Å². The second-order valence-corrected chi connectivity index (χ2v) is 5.76. The summed E-state index contributed by atoms with van der Waals surface area (Å²) in [5, 5.41) is 4.63. The minimum absolute atomic E-state index is 0.357. The molecule has 1 aromatic carbocycles. The molecule has 0 amide bonds. The summed E-state index contributed by atoms with van der Waals surface area (Å²) in [5.41, 5.74) is 9.44. The van der Waals surface area contributed by atoms with Crippen molar-refractivity contribution in [2.24, 2.45) is 13.0 Å². The molecular weight excluding hydrogens is 262 g/mol. The monoisotopic (exact) mass is 287 g/mol. The quantitative estimate of drug-likeness (QED) is 0.909. The molecule has 4 nitrogen and oxygen atoms in total. The molecule has 0 saturated heterocycles. The van der Waals surface area contributed by atoms with E-state index in [9.17, 15) is 0 Å². The van der Waals surface area contributed by atoms with Crippen LogP contribution in [0, 0.1) is 5.92 Å². The molecule has 0 aliphatic rings. The number of hydrogen-bond acceptors (Lipinski definition) is 3. The summed E-state index contributed by atoms with van der Waals surface area (Å²) in [7, 11) is 1.89. The predicted octanol–water partition coefficient (Wildman–Crippen LogP) is 3.83. The van der Waals surface area contributed by atoms with E-state index >= 15 is 0 Å². The van der Waals surface area contributed by atoms with Gasteiger partial charge in [-0.25, -0.2) is 0 Å². The van der Waals surface area contributed by atoms with Crippen LogP contribution in [0.3, 0.4) is 0 Å². The Hall–Kier alpha value is -1.97. The fourth-order valence-corrected chi connectivity index (χ4v) is 2.37. The molecule has 0 aliphatic heterocycles. The number of rotatable bonds is 5. The molecular formula is C17H25N3O. The van der Waals surface area contributed by atoms with Crippen molar-refractivity contribution in [1.29, 1.82) is 0 Å². The van der Waals surface area contributed by atoms with Crippen LogP contribution in [-0.2, 0) is 7.05 Å². The Morgan fingerprint density at radius 3 is 2.33 bits per heavy atom. The van der Waals surface area contributed by atoms with Gasteiger partial charge in [0.15, 0.2) is 0 Å². The molecule has 114 valence electrons. The minimum atomic E-state index is 0.357. The zero-order valence-electron chi connectivity index (χ0n) is 13.6. The molecule has 4 heteroatoms. The van der Waals surface area contributed by atoms with Gasteiger partial charge < -0.3 is 10.5 Å². The van der Waals surface area contributed by atoms with Crippen molar-refractivity contribution < 1.29 is 4.74 Å². The highest BCUT2D eigenvalue weighted by molar-refractivity contribution is 5.77. The number of hydrogen-bond donors (Lipinski definition) is 1. The Labute approximate surface area is 126 Å². The summed E-state index contributed by atoms with van der Waals surface area (Å²) >= 11 is 0. The molecule has 0 fully saturated rings. The number of aromatic nitrogens is 2. The number of anilines is 1. The summed E-state index contributed by atoms with van der Waals surface area (Å²) < 4.78 is 7.26. The van der Waals surface area contributed by atoms with E-state index in [2.05, 4.69) is 38.0 Å². The molecule has 0 saturated carbocycles. The minimum Gasteiger partial charge on any atom is -0.494 e. The standard InChI is InChI=1S/C17H25N3O/c1-6-21-14-9-7-13(8-10-14)15-16(12(4)11(2)3)19-20(5)17(15)18/h7-12H,6,18H2,1-5H3. The number of nitrogens with zero attached hydrogens (tertiary/aromatic N) is 2. The predicted molar refractivity (Wildman–Crippen MR) is 87.5 cm³/mol. The fraction of sp³-hybridized carbons (Fsp3) is 0.471. The Morgan fingerprint density at radius 2 is 1.81 bits per heavy atom. The smallest absolute Gasteiger partial charge is 0.129 e. The van der Waals surface area contributed by atoms with Gasteiger partial charge in [0.25, 0.3) is 0 Å². The van der Waals surface area contributed by atoms with Crippen LogP contribution in [-0.4, -0.2) is 16.4 Å². The van der Waals surface area contributed by atoms with Gasteiger partial charge in [0, 0.05) is 18.5 Å². The number of nitrogens with two attached hydrogens (primary N) is 1. The summed E-state index contributed by atoms with van der Waals surface area (Å²) in [5.74, 6) is 2.46. The van der Waals surface area contributed by atoms with Crippen LogP contribution in [0.1, 0.15) is 39.3 Å². The fourth-order valence-electron chi connectivity index (χ4n) is 2.37. The zero-order valence-corrected chi connectivity index (χ0v) is 13.6. The molecule has 0 radical (unpaired) electrons. The summed E-state index contributed by atoms with van der Waals surface area (Å²) in [6.45, 7) is 9.26. The van der Waals surface area contributed by atoms with Gasteiger partial charge in [0.2, 0.25) is 0 Å². The van der Waals surface area contributed by atoms with Crippen molar-refractivity contribution in [2.75, 3.05) is 12.3 Å². The van der Waals surface area contributed by atoms with E-state index < -0.39 is 0 Å². The van der Waals surface area contributed by atoms with E-state index in [4.69, 9.17) is 10.5 Å². The lowest BCUT2D eigenvalue weighted by atomic mass is 9.90. The molecule has 1 aromatic heterocycles. The van der Waals surface area contributed by atoms with Gasteiger partial charge in [-0.15, -0.1) is 0 Å². The molecule has 1 atom stereocenters. The maximum absolute atomic E-state index is 6.24. The van der Waals surface area contributed by atoms with E-state index in [0.29, 0.717) is 24.3 Å². The molecule has 1 heterocycles. The van der Waals surface area contributed by atoms with E-state index in [1.165, 1.54) is 0 Å². The average molecular weight is 287 g/mol. The highest BCUT2D eigenvalue weighted by Crippen LogP contribution is 2.36. The molecule has 0 bridgehead atoms. The van der Waals surface area contributed by atoms with Crippen LogP contribution in [0.15, 0.2) is 24.3 Å². The second-order valence-electron chi connectivity index (χ2n) is 5.76. The van der Waals surface area contributed by atoms with E-state index in [-0.39, 0.29) is 0 Å². The third-order valence-electron chi connectivity index (χ3n) is 4.00. The molecule has 2 aromatic rings. The molecule has 2 rings (SSSR count). The number of aryl methyl sites for hydroxylation is 1. The first-order valence-corrected chi connectivity index (χ1v) is 7.51. The van der Waals surface area contributed by atoms with Crippen molar-refractivity contribution in [2.45, 2.75) is 33.6 Å². The van der Waals surface area contributed by atoms with Crippen molar-refractivity contribution in [3.63, 3.8) is 0 Å². The van der Waals surface area contributed by atoms with Crippen LogP contribution in [0.4, 0.5) is 5.82 Å². The van der Waals surface area contributed by atoms with Crippen LogP contribution < -0.4 is 10.5 Å². The lowest BCUT2D eigenvalue weighted by molar-refractivity contribution is 0.340. The largest absolute Gasteiger partial charge is 0.494 e. The number of benzene rings is 1. The van der Waals surface area contributed by atoms with Crippen molar-refractivity contribution in [3.8, 4) is 16.9 Å². The van der Waals surface area contributed by atoms with Crippen molar-refractivity contribution in [3.05, 3.63) is 30.0 Å². The van der Waals surface area contributed by atoms with Gasteiger partial charge >= 0.3 is 0 Å². The third kappa shape index (κ3) is 3.04. The number of nitrogen functional groups attached to an aromatic ring is 1. The highest BCUT2D eigenvalue weighted by Gasteiger charge is 2.22. The van der Waals surface area contributed by atoms with Gasteiger partial charge in [0.1, 0.15) is 11.6 Å². The van der Waals surface area contributed by atoms with Gasteiger partial charge in [-0.2, -0.15) is 5.10 Å². The van der Waals surface area contributed by atoms with E-state index in [1.807, 2.05) is 26.1 Å². The second kappa shape index (κ2) is 6.20. The SMILES string of the molecule is CCOc1ccc(-c2c(C(C)C(C)C)nn(C)c2N)cc1. The lowest BCUT2D eigenvalue weighted by Gasteiger charge is -2.15. The van der Waals surface area contributed by atoms with Gasteiger partial charge in [0.05, 0.1) is 12.3 Å². The van der Waals surface area contributed by atoms with E-state index in [1.54, 1.807) is 4.68 Å². The maximum Gasteiger partial charge on any atom is 0.129 e. The molecule has 2 N–H and O–H groups in total. The van der Waals surface area contributed by atoms with Crippen LogP contribution in [0.5, 0.6) is 5.75 Å². The first kappa shape index (κ1) is 15.4. The molecule has 1 unspecified atom stereocenters. The summed E-state index contributed by atoms with van der Waals surface area (Å²) in [6, 6.07) is 8.06. The van der Waals surface area contributed by atoms with Crippen molar-refractivity contribution in [1.82, 2.24) is 9.78 Å². The first-order valence-electron chi connectivity index (χ1n) is 7.51. The first-order chi connectivity index (χ1) is 9.95. The van der Waals surface area contributed by atoms with E-state index in [0.717, 1.165) is 22.6 Å².